The molecule has 1 aromatic heterocycles. The Morgan fingerprint density at radius 2 is 2.00 bits per heavy atom. The molecular weight excluding hydrogens is 419 g/mol. The largest absolute Gasteiger partial charge is 0.523 e. The SMILES string of the molecule is COC1=CC=C(c2ccccc2)CC1(OC(F)(F)F)C(CC(=O)O)c1ncc(C)s1. The van der Waals surface area contributed by atoms with Gasteiger partial charge in [-0.3, -0.25) is 9.53 Å². The maximum absolute atomic E-state index is 13.7. The third kappa shape index (κ3) is 4.73. The third-order valence-corrected chi connectivity index (χ3v) is 5.87. The van der Waals surface area contributed by atoms with Gasteiger partial charge in [0.1, 0.15) is 11.4 Å². The van der Waals surface area contributed by atoms with Crippen molar-refractivity contribution in [3.05, 3.63) is 69.9 Å². The van der Waals surface area contributed by atoms with Gasteiger partial charge in [-0.2, -0.15) is 0 Å². The first kappa shape index (κ1) is 22.0. The average molecular weight is 439 g/mol. The summed E-state index contributed by atoms with van der Waals surface area (Å²) in [6.07, 6.45) is -1.29. The number of alkyl halides is 3. The van der Waals surface area contributed by atoms with Gasteiger partial charge < -0.3 is 9.84 Å². The van der Waals surface area contributed by atoms with Crippen molar-refractivity contribution in [2.75, 3.05) is 7.11 Å². The Hall–Kier alpha value is -2.65. The normalized spacial score (nSPS) is 20.3. The molecule has 160 valence electrons. The number of aromatic nitrogens is 1. The van der Waals surface area contributed by atoms with Crippen LogP contribution in [0.4, 0.5) is 13.2 Å². The van der Waals surface area contributed by atoms with Gasteiger partial charge in [0.2, 0.25) is 0 Å². The van der Waals surface area contributed by atoms with Crippen molar-refractivity contribution in [1.82, 2.24) is 4.98 Å². The number of thiazole rings is 1. The molecule has 0 aliphatic heterocycles. The number of aryl methyl sites for hydroxylation is 1. The number of halogens is 3. The van der Waals surface area contributed by atoms with E-state index in [1.165, 1.54) is 19.4 Å². The number of allylic oxidation sites excluding steroid dienone is 2. The highest BCUT2D eigenvalue weighted by molar-refractivity contribution is 7.11. The van der Waals surface area contributed by atoms with E-state index in [0.717, 1.165) is 16.2 Å². The summed E-state index contributed by atoms with van der Waals surface area (Å²) in [6.45, 7) is 1.75. The quantitative estimate of drug-likeness (QED) is 0.634. The molecule has 2 atom stereocenters. The fraction of sp³-hybridized carbons (Fsp3) is 0.333. The van der Waals surface area contributed by atoms with Gasteiger partial charge >= 0.3 is 12.3 Å². The number of carboxylic acid groups (broad SMARTS) is 1. The second kappa shape index (κ2) is 8.61. The number of hydrogen-bond acceptors (Lipinski definition) is 5. The van der Waals surface area contributed by atoms with E-state index in [-0.39, 0.29) is 17.2 Å². The van der Waals surface area contributed by atoms with Crippen LogP contribution >= 0.6 is 11.3 Å². The summed E-state index contributed by atoms with van der Waals surface area (Å²) in [5.41, 5.74) is -0.831. The van der Waals surface area contributed by atoms with Crippen molar-refractivity contribution >= 4 is 22.9 Å². The number of hydrogen-bond donors (Lipinski definition) is 1. The van der Waals surface area contributed by atoms with Crippen LogP contribution in [0.5, 0.6) is 0 Å². The lowest BCUT2D eigenvalue weighted by Crippen LogP contribution is -2.47. The first-order chi connectivity index (χ1) is 14.1. The molecule has 30 heavy (non-hydrogen) atoms. The number of rotatable bonds is 7. The molecule has 0 bridgehead atoms. The molecule has 9 heteroatoms. The number of carboxylic acids is 1. The van der Waals surface area contributed by atoms with Gasteiger partial charge in [0, 0.05) is 17.5 Å². The molecule has 0 radical (unpaired) electrons. The van der Waals surface area contributed by atoms with Crippen molar-refractivity contribution in [3.8, 4) is 0 Å². The topological polar surface area (TPSA) is 68.7 Å². The van der Waals surface area contributed by atoms with Crippen LogP contribution < -0.4 is 0 Å². The fourth-order valence-corrected chi connectivity index (χ4v) is 4.61. The second-order valence-electron chi connectivity index (χ2n) is 6.87. The van der Waals surface area contributed by atoms with E-state index < -0.39 is 30.3 Å². The zero-order chi connectivity index (χ0) is 21.9. The highest BCUT2D eigenvalue weighted by Gasteiger charge is 2.55. The van der Waals surface area contributed by atoms with Gasteiger partial charge in [-0.25, -0.2) is 4.98 Å². The third-order valence-electron chi connectivity index (χ3n) is 4.85. The summed E-state index contributed by atoms with van der Waals surface area (Å²) in [6, 6.07) is 8.90. The minimum Gasteiger partial charge on any atom is -0.498 e. The summed E-state index contributed by atoms with van der Waals surface area (Å²) >= 11 is 1.14. The van der Waals surface area contributed by atoms with Crippen LogP contribution in [-0.2, 0) is 14.3 Å². The Morgan fingerprint density at radius 3 is 2.53 bits per heavy atom. The van der Waals surface area contributed by atoms with E-state index in [1.54, 1.807) is 43.3 Å². The van der Waals surface area contributed by atoms with Crippen molar-refractivity contribution < 1.29 is 32.5 Å². The molecule has 0 saturated carbocycles. The molecule has 0 spiro atoms. The van der Waals surface area contributed by atoms with Crippen LogP contribution in [0.1, 0.15) is 34.2 Å². The van der Waals surface area contributed by atoms with E-state index in [1.807, 2.05) is 0 Å². The monoisotopic (exact) mass is 439 g/mol. The summed E-state index contributed by atoms with van der Waals surface area (Å²) in [5, 5.41) is 9.75. The molecule has 0 saturated heterocycles. The Morgan fingerprint density at radius 1 is 1.30 bits per heavy atom. The Labute approximate surface area is 175 Å². The van der Waals surface area contributed by atoms with Gasteiger partial charge in [-0.1, -0.05) is 36.4 Å². The highest BCUT2D eigenvalue weighted by Crippen LogP contribution is 2.51. The number of ether oxygens (including phenoxy) is 2. The summed E-state index contributed by atoms with van der Waals surface area (Å²) in [4.78, 5) is 16.6. The van der Waals surface area contributed by atoms with E-state index in [0.29, 0.717) is 11.1 Å². The Bertz CT molecular complexity index is 968. The van der Waals surface area contributed by atoms with Crippen LogP contribution in [0.25, 0.3) is 5.57 Å². The molecule has 1 aliphatic carbocycles. The molecule has 2 unspecified atom stereocenters. The average Bonchev–Trinajstić information content (AvgIpc) is 3.11. The molecule has 1 aliphatic rings. The summed E-state index contributed by atoms with van der Waals surface area (Å²) in [5.74, 6) is -2.57. The standard InChI is InChI=1S/C21H20F3NO4S/c1-13-12-25-19(30-13)16(10-18(26)27)20(29-21(22,23)24)11-15(8-9-17(20)28-2)14-6-4-3-5-7-14/h3-9,12,16H,10-11H2,1-2H3,(H,26,27). The zero-order valence-corrected chi connectivity index (χ0v) is 17.1. The first-order valence-corrected chi connectivity index (χ1v) is 9.88. The summed E-state index contributed by atoms with van der Waals surface area (Å²) < 4.78 is 51.0. The van der Waals surface area contributed by atoms with Gasteiger partial charge in [0.05, 0.1) is 24.5 Å². The molecular formula is C21H20F3NO4S. The fourth-order valence-electron chi connectivity index (χ4n) is 3.66. The summed E-state index contributed by atoms with van der Waals surface area (Å²) in [7, 11) is 1.24. The lowest BCUT2D eigenvalue weighted by molar-refractivity contribution is -0.367. The maximum Gasteiger partial charge on any atom is 0.523 e. The van der Waals surface area contributed by atoms with Crippen molar-refractivity contribution in [1.29, 1.82) is 0 Å². The molecule has 5 nitrogen and oxygen atoms in total. The Balaban J connectivity index is 2.19. The molecule has 1 heterocycles. The van der Waals surface area contributed by atoms with Crippen LogP contribution in [0.3, 0.4) is 0 Å². The molecule has 1 aromatic carbocycles. The lowest BCUT2D eigenvalue weighted by Gasteiger charge is -2.42. The zero-order valence-electron chi connectivity index (χ0n) is 16.3. The highest BCUT2D eigenvalue weighted by atomic mass is 32.1. The smallest absolute Gasteiger partial charge is 0.498 e. The lowest BCUT2D eigenvalue weighted by atomic mass is 9.74. The van der Waals surface area contributed by atoms with Crippen molar-refractivity contribution in [2.24, 2.45) is 0 Å². The molecule has 0 amide bonds. The minimum absolute atomic E-state index is 0.0985. The molecule has 3 rings (SSSR count). The molecule has 0 fully saturated rings. The van der Waals surface area contributed by atoms with Gasteiger partial charge in [-0.05, 0) is 24.1 Å². The molecule has 2 aromatic rings. The van der Waals surface area contributed by atoms with Crippen LogP contribution in [0.15, 0.2) is 54.4 Å². The number of aliphatic carboxylic acids is 1. The van der Waals surface area contributed by atoms with Crippen molar-refractivity contribution in [3.63, 3.8) is 0 Å². The van der Waals surface area contributed by atoms with Crippen LogP contribution in [-0.4, -0.2) is 35.1 Å². The van der Waals surface area contributed by atoms with E-state index >= 15 is 0 Å². The first-order valence-electron chi connectivity index (χ1n) is 9.06. The predicted molar refractivity (Wildman–Crippen MR) is 106 cm³/mol. The second-order valence-corrected chi connectivity index (χ2v) is 8.13. The predicted octanol–water partition coefficient (Wildman–Crippen LogP) is 5.30. The minimum atomic E-state index is -5.03. The number of nitrogens with zero attached hydrogens (tertiary/aromatic N) is 1. The van der Waals surface area contributed by atoms with Gasteiger partial charge in [0.15, 0.2) is 0 Å². The van der Waals surface area contributed by atoms with Crippen molar-refractivity contribution in [2.45, 2.75) is 37.6 Å². The van der Waals surface area contributed by atoms with Gasteiger partial charge in [0.25, 0.3) is 0 Å². The van der Waals surface area contributed by atoms with E-state index in [2.05, 4.69) is 4.98 Å². The van der Waals surface area contributed by atoms with Crippen LogP contribution in [0, 0.1) is 6.92 Å². The van der Waals surface area contributed by atoms with Gasteiger partial charge in [-0.15, -0.1) is 24.5 Å². The molecule has 1 N–H and O–H groups in total. The van der Waals surface area contributed by atoms with Crippen LogP contribution in [0.2, 0.25) is 0 Å². The Kier molecular flexibility index (Phi) is 6.33. The van der Waals surface area contributed by atoms with E-state index in [9.17, 15) is 23.1 Å². The maximum atomic E-state index is 13.7. The number of carbonyl (C=O) groups is 1. The van der Waals surface area contributed by atoms with E-state index in [4.69, 9.17) is 9.47 Å². The number of methoxy groups -OCH3 is 1. The number of benzene rings is 1.